The summed E-state index contributed by atoms with van der Waals surface area (Å²) in [6, 6.07) is 3.62. The molecule has 0 saturated heterocycles. The summed E-state index contributed by atoms with van der Waals surface area (Å²) in [7, 11) is 0. The van der Waals surface area contributed by atoms with Crippen molar-refractivity contribution in [1.29, 1.82) is 0 Å². The van der Waals surface area contributed by atoms with Gasteiger partial charge in [0.1, 0.15) is 5.56 Å². The van der Waals surface area contributed by atoms with Crippen molar-refractivity contribution >= 4 is 34.1 Å². The quantitative estimate of drug-likeness (QED) is 0.437. The first-order valence-electron chi connectivity index (χ1n) is 3.16. The van der Waals surface area contributed by atoms with Crippen molar-refractivity contribution in [3.63, 3.8) is 0 Å². The molecule has 13 heavy (non-hydrogen) atoms. The van der Waals surface area contributed by atoms with Crippen LogP contribution in [0.2, 0.25) is 5.02 Å². The third-order valence-electron chi connectivity index (χ3n) is 1.37. The van der Waals surface area contributed by atoms with Crippen LogP contribution in [-0.2, 0) is 0 Å². The van der Waals surface area contributed by atoms with E-state index in [4.69, 9.17) is 23.2 Å². The van der Waals surface area contributed by atoms with Crippen LogP contribution in [-0.4, -0.2) is 10.2 Å². The summed E-state index contributed by atoms with van der Waals surface area (Å²) in [5.41, 5.74) is -0.538. The molecule has 0 aromatic heterocycles. The highest BCUT2D eigenvalue weighted by Crippen LogP contribution is 2.23. The molecule has 0 bridgehead atoms. The number of hydrogen-bond acceptors (Lipinski definition) is 3. The second-order valence-electron chi connectivity index (χ2n) is 2.19. The molecular formula is C7H3Cl2NO3. The van der Waals surface area contributed by atoms with Crippen molar-refractivity contribution in [3.05, 3.63) is 38.9 Å². The lowest BCUT2D eigenvalue weighted by Gasteiger charge is -1.97. The second kappa shape index (κ2) is 3.72. The van der Waals surface area contributed by atoms with Crippen LogP contribution in [0.25, 0.3) is 0 Å². The van der Waals surface area contributed by atoms with Gasteiger partial charge in [0.05, 0.1) is 4.92 Å². The molecule has 0 amide bonds. The molecule has 4 nitrogen and oxygen atoms in total. The summed E-state index contributed by atoms with van der Waals surface area (Å²) >= 11 is 10.7. The SMILES string of the molecule is O=C(Cl)c1cc(Cl)ccc1[N+](=O)[O-]. The fourth-order valence-corrected chi connectivity index (χ4v) is 1.15. The van der Waals surface area contributed by atoms with Gasteiger partial charge in [0.25, 0.3) is 10.9 Å². The van der Waals surface area contributed by atoms with Gasteiger partial charge in [-0.05, 0) is 23.7 Å². The average Bonchev–Trinajstić information content (AvgIpc) is 2.03. The first kappa shape index (κ1) is 9.95. The van der Waals surface area contributed by atoms with Gasteiger partial charge >= 0.3 is 0 Å². The van der Waals surface area contributed by atoms with Crippen LogP contribution in [0.1, 0.15) is 10.4 Å². The molecule has 1 aromatic rings. The van der Waals surface area contributed by atoms with Gasteiger partial charge in [-0.25, -0.2) is 0 Å². The Kier molecular flexibility index (Phi) is 2.85. The van der Waals surface area contributed by atoms with Gasteiger partial charge in [0.2, 0.25) is 0 Å². The zero-order valence-electron chi connectivity index (χ0n) is 6.16. The summed E-state index contributed by atoms with van der Waals surface area (Å²) in [4.78, 5) is 20.4. The van der Waals surface area contributed by atoms with E-state index < -0.39 is 10.2 Å². The monoisotopic (exact) mass is 219 g/mol. The first-order chi connectivity index (χ1) is 6.02. The van der Waals surface area contributed by atoms with Crippen LogP contribution < -0.4 is 0 Å². The minimum Gasteiger partial charge on any atom is -0.275 e. The molecule has 6 heteroatoms. The van der Waals surface area contributed by atoms with E-state index in [2.05, 4.69) is 0 Å². The molecule has 1 rings (SSSR count). The number of nitro benzene ring substituents is 1. The molecule has 0 saturated carbocycles. The summed E-state index contributed by atoms with van der Waals surface area (Å²) in [5.74, 6) is 0. The zero-order valence-corrected chi connectivity index (χ0v) is 7.67. The lowest BCUT2D eigenvalue weighted by atomic mass is 10.2. The minimum atomic E-state index is -0.894. The number of nitrogens with zero attached hydrogens (tertiary/aromatic N) is 1. The molecule has 0 spiro atoms. The smallest absolute Gasteiger partial charge is 0.275 e. The molecule has 0 unspecified atom stereocenters. The summed E-state index contributed by atoms with van der Waals surface area (Å²) in [6.07, 6.45) is 0. The predicted molar refractivity (Wildman–Crippen MR) is 48.3 cm³/mol. The Hall–Kier alpha value is -1.13. The van der Waals surface area contributed by atoms with E-state index in [1.54, 1.807) is 0 Å². The van der Waals surface area contributed by atoms with Crippen LogP contribution in [0.3, 0.4) is 0 Å². The summed E-state index contributed by atoms with van der Waals surface area (Å²) in [5, 5.41) is 9.73. The van der Waals surface area contributed by atoms with Gasteiger partial charge in [-0.1, -0.05) is 11.6 Å². The zero-order chi connectivity index (χ0) is 10.0. The fraction of sp³-hybridized carbons (Fsp3) is 0. The van der Waals surface area contributed by atoms with Crippen molar-refractivity contribution in [3.8, 4) is 0 Å². The lowest BCUT2D eigenvalue weighted by Crippen LogP contribution is -1.97. The molecule has 0 radical (unpaired) electrons. The maximum absolute atomic E-state index is 10.7. The van der Waals surface area contributed by atoms with E-state index in [1.807, 2.05) is 0 Å². The number of benzene rings is 1. The van der Waals surface area contributed by atoms with Crippen molar-refractivity contribution in [2.75, 3.05) is 0 Å². The number of rotatable bonds is 2. The Morgan fingerprint density at radius 1 is 1.46 bits per heavy atom. The summed E-state index contributed by atoms with van der Waals surface area (Å²) in [6.45, 7) is 0. The highest BCUT2D eigenvalue weighted by atomic mass is 35.5. The Labute approximate surface area is 83.2 Å². The van der Waals surface area contributed by atoms with Crippen molar-refractivity contribution < 1.29 is 9.72 Å². The Morgan fingerprint density at radius 2 is 2.08 bits per heavy atom. The van der Waals surface area contributed by atoms with Crippen LogP contribution in [0.4, 0.5) is 5.69 Å². The van der Waals surface area contributed by atoms with E-state index in [0.29, 0.717) is 0 Å². The average molecular weight is 220 g/mol. The van der Waals surface area contributed by atoms with E-state index >= 15 is 0 Å². The summed E-state index contributed by atoms with van der Waals surface area (Å²) < 4.78 is 0. The second-order valence-corrected chi connectivity index (χ2v) is 2.97. The minimum absolute atomic E-state index is 0.195. The van der Waals surface area contributed by atoms with Gasteiger partial charge in [-0.2, -0.15) is 0 Å². The third-order valence-corrected chi connectivity index (χ3v) is 1.81. The molecule has 0 fully saturated rings. The number of halogens is 2. The van der Waals surface area contributed by atoms with Crippen LogP contribution >= 0.6 is 23.2 Å². The van der Waals surface area contributed by atoms with Crippen LogP contribution in [0.15, 0.2) is 18.2 Å². The molecule has 0 aliphatic heterocycles. The molecule has 68 valence electrons. The standard InChI is InChI=1S/C7H3Cl2NO3/c8-4-1-2-6(10(12)13)5(3-4)7(9)11/h1-3H. The van der Waals surface area contributed by atoms with Crippen molar-refractivity contribution in [2.24, 2.45) is 0 Å². The molecule has 1 aromatic carbocycles. The molecule has 0 aliphatic carbocycles. The Morgan fingerprint density at radius 3 is 2.54 bits per heavy atom. The highest BCUT2D eigenvalue weighted by Gasteiger charge is 2.18. The van der Waals surface area contributed by atoms with E-state index in [-0.39, 0.29) is 16.3 Å². The Balaban J connectivity index is 3.35. The van der Waals surface area contributed by atoms with Gasteiger partial charge < -0.3 is 0 Å². The number of hydrogen-bond donors (Lipinski definition) is 0. The van der Waals surface area contributed by atoms with E-state index in [0.717, 1.165) is 12.1 Å². The van der Waals surface area contributed by atoms with Crippen LogP contribution in [0, 0.1) is 10.1 Å². The van der Waals surface area contributed by atoms with Crippen LogP contribution in [0.5, 0.6) is 0 Å². The normalized spacial score (nSPS) is 9.69. The lowest BCUT2D eigenvalue weighted by molar-refractivity contribution is -0.385. The molecule has 0 heterocycles. The van der Waals surface area contributed by atoms with Crippen molar-refractivity contribution in [1.82, 2.24) is 0 Å². The van der Waals surface area contributed by atoms with E-state index in [9.17, 15) is 14.9 Å². The molecular weight excluding hydrogens is 217 g/mol. The predicted octanol–water partition coefficient (Wildman–Crippen LogP) is 2.63. The number of carbonyl (C=O) groups is 1. The largest absolute Gasteiger partial charge is 0.281 e. The maximum atomic E-state index is 10.7. The Bertz CT molecular complexity index is 378. The fourth-order valence-electron chi connectivity index (χ4n) is 0.825. The van der Waals surface area contributed by atoms with Gasteiger partial charge in [-0.15, -0.1) is 0 Å². The van der Waals surface area contributed by atoms with Gasteiger partial charge in [0.15, 0.2) is 0 Å². The molecule has 0 N–H and O–H groups in total. The van der Waals surface area contributed by atoms with Gasteiger partial charge in [-0.3, -0.25) is 14.9 Å². The molecule has 0 atom stereocenters. The topological polar surface area (TPSA) is 60.2 Å². The van der Waals surface area contributed by atoms with E-state index in [1.165, 1.54) is 6.07 Å². The highest BCUT2D eigenvalue weighted by molar-refractivity contribution is 6.68. The maximum Gasteiger partial charge on any atom is 0.281 e. The first-order valence-corrected chi connectivity index (χ1v) is 3.91. The number of carbonyl (C=O) groups excluding carboxylic acids is 1. The van der Waals surface area contributed by atoms with Gasteiger partial charge in [0, 0.05) is 11.1 Å². The molecule has 0 aliphatic rings. The van der Waals surface area contributed by atoms with Crippen molar-refractivity contribution in [2.45, 2.75) is 0 Å². The number of nitro groups is 1. The third kappa shape index (κ3) is 2.17.